The van der Waals surface area contributed by atoms with E-state index in [4.69, 9.17) is 9.29 Å². The molecule has 0 fully saturated rings. The molecular formula is C14H24F2O7S. The Morgan fingerprint density at radius 1 is 1.04 bits per heavy atom. The van der Waals surface area contributed by atoms with Gasteiger partial charge in [-0.25, -0.2) is 4.79 Å². The Hall–Kier alpha value is -1.29. The van der Waals surface area contributed by atoms with Gasteiger partial charge < -0.3 is 9.47 Å². The predicted molar refractivity (Wildman–Crippen MR) is 80.8 cm³/mol. The van der Waals surface area contributed by atoms with E-state index in [2.05, 4.69) is 4.74 Å². The van der Waals surface area contributed by atoms with Crippen molar-refractivity contribution < 1.29 is 40.8 Å². The molecule has 0 aromatic rings. The van der Waals surface area contributed by atoms with E-state index in [1.54, 1.807) is 6.92 Å². The summed E-state index contributed by atoms with van der Waals surface area (Å²) >= 11 is 0. The molecule has 1 N–H and O–H groups in total. The Balaban J connectivity index is 4.62. The van der Waals surface area contributed by atoms with E-state index in [1.165, 1.54) is 0 Å². The topological polar surface area (TPSA) is 107 Å². The normalized spacial score (nSPS) is 15.2. The summed E-state index contributed by atoms with van der Waals surface area (Å²) in [4.78, 5) is 23.2. The van der Waals surface area contributed by atoms with Gasteiger partial charge in [0.15, 0.2) is 0 Å². The van der Waals surface area contributed by atoms with E-state index in [-0.39, 0.29) is 11.8 Å². The molecule has 0 bridgehead atoms. The number of hydrogen-bond donors (Lipinski definition) is 1. The van der Waals surface area contributed by atoms with Crippen molar-refractivity contribution in [3.05, 3.63) is 0 Å². The first-order chi connectivity index (χ1) is 10.7. The van der Waals surface area contributed by atoms with Crippen LogP contribution in [-0.2, 0) is 29.2 Å². The molecular weight excluding hydrogens is 350 g/mol. The molecule has 0 aliphatic carbocycles. The second-order valence-electron chi connectivity index (χ2n) is 6.43. The molecule has 0 aromatic heterocycles. The number of hydrogen-bond acceptors (Lipinski definition) is 6. The van der Waals surface area contributed by atoms with Crippen LogP contribution < -0.4 is 0 Å². The molecule has 142 valence electrons. The third-order valence-electron chi connectivity index (χ3n) is 3.68. The first-order valence-electron chi connectivity index (χ1n) is 7.35. The Labute approximate surface area is 140 Å². The Kier molecular flexibility index (Phi) is 7.75. The summed E-state index contributed by atoms with van der Waals surface area (Å²) in [6, 6.07) is 0. The lowest BCUT2D eigenvalue weighted by Crippen LogP contribution is -2.40. The van der Waals surface area contributed by atoms with Gasteiger partial charge >= 0.3 is 27.3 Å². The van der Waals surface area contributed by atoms with Crippen LogP contribution in [0.3, 0.4) is 0 Å². The van der Waals surface area contributed by atoms with Crippen molar-refractivity contribution in [2.45, 2.75) is 46.3 Å². The molecule has 0 aromatic carbocycles. The van der Waals surface area contributed by atoms with Crippen LogP contribution >= 0.6 is 0 Å². The van der Waals surface area contributed by atoms with Crippen molar-refractivity contribution in [2.75, 3.05) is 13.2 Å². The largest absolute Gasteiger partial charge is 0.465 e. The lowest BCUT2D eigenvalue weighted by molar-refractivity contribution is -0.169. The zero-order valence-corrected chi connectivity index (χ0v) is 15.2. The van der Waals surface area contributed by atoms with E-state index in [9.17, 15) is 26.8 Å². The summed E-state index contributed by atoms with van der Waals surface area (Å²) < 4.78 is 63.8. The molecule has 0 heterocycles. The van der Waals surface area contributed by atoms with Crippen LogP contribution in [-0.4, -0.2) is 43.4 Å². The number of carbonyl (C=O) groups excluding carboxylic acids is 2. The highest BCUT2D eigenvalue weighted by molar-refractivity contribution is 7.87. The average molecular weight is 374 g/mol. The minimum Gasteiger partial charge on any atom is -0.462 e. The highest BCUT2D eigenvalue weighted by Gasteiger charge is 2.54. The van der Waals surface area contributed by atoms with Crippen LogP contribution in [0.15, 0.2) is 0 Å². The average Bonchev–Trinajstić information content (AvgIpc) is 2.40. The smallest absolute Gasteiger partial charge is 0.462 e. The van der Waals surface area contributed by atoms with E-state index in [1.807, 2.05) is 27.7 Å². The molecule has 0 rings (SSSR count). The summed E-state index contributed by atoms with van der Waals surface area (Å²) in [7, 11) is -5.92. The van der Waals surface area contributed by atoms with Gasteiger partial charge in [0, 0.05) is 0 Å². The molecule has 10 heteroatoms. The van der Waals surface area contributed by atoms with Crippen molar-refractivity contribution in [1.29, 1.82) is 0 Å². The van der Waals surface area contributed by atoms with Gasteiger partial charge in [0.1, 0.15) is 13.2 Å². The molecule has 7 nitrogen and oxygen atoms in total. The lowest BCUT2D eigenvalue weighted by Gasteiger charge is -2.32. The summed E-state index contributed by atoms with van der Waals surface area (Å²) in [6.07, 6.45) is 0.546. The van der Waals surface area contributed by atoms with Gasteiger partial charge in [-0.2, -0.15) is 17.2 Å². The number of carbonyl (C=O) groups is 2. The van der Waals surface area contributed by atoms with Crippen LogP contribution in [0.4, 0.5) is 8.78 Å². The maximum atomic E-state index is 12.9. The predicted octanol–water partition coefficient (Wildman–Crippen LogP) is 2.26. The number of ether oxygens (including phenoxy) is 2. The number of halogens is 2. The van der Waals surface area contributed by atoms with E-state index in [0.717, 1.165) is 0 Å². The molecule has 1 atom stereocenters. The molecule has 0 saturated carbocycles. The van der Waals surface area contributed by atoms with Crippen LogP contribution in [0.1, 0.15) is 41.0 Å². The quantitative estimate of drug-likeness (QED) is 0.375. The minimum atomic E-state index is -5.92. The van der Waals surface area contributed by atoms with Gasteiger partial charge in [0.2, 0.25) is 0 Å². The summed E-state index contributed by atoms with van der Waals surface area (Å²) in [6.45, 7) is 8.02. The minimum absolute atomic E-state index is 0.0428. The highest BCUT2D eigenvalue weighted by Crippen LogP contribution is 2.35. The zero-order chi connectivity index (χ0) is 19.3. The number of alkyl halides is 2. The van der Waals surface area contributed by atoms with E-state index >= 15 is 0 Å². The molecule has 0 amide bonds. The van der Waals surface area contributed by atoms with Gasteiger partial charge in [-0.1, -0.05) is 27.7 Å². The Morgan fingerprint density at radius 2 is 1.46 bits per heavy atom. The molecule has 1 unspecified atom stereocenters. The first-order valence-corrected chi connectivity index (χ1v) is 8.79. The van der Waals surface area contributed by atoms with E-state index in [0.29, 0.717) is 6.42 Å². The molecule has 0 radical (unpaired) electrons. The van der Waals surface area contributed by atoms with Crippen molar-refractivity contribution in [3.63, 3.8) is 0 Å². The molecule has 0 aliphatic heterocycles. The lowest BCUT2D eigenvalue weighted by atomic mass is 9.73. The van der Waals surface area contributed by atoms with Gasteiger partial charge in [-0.15, -0.1) is 0 Å². The highest BCUT2D eigenvalue weighted by atomic mass is 32.2. The van der Waals surface area contributed by atoms with Crippen LogP contribution in [0, 0.1) is 17.3 Å². The third-order valence-corrected chi connectivity index (χ3v) is 4.50. The van der Waals surface area contributed by atoms with Crippen molar-refractivity contribution in [2.24, 2.45) is 17.3 Å². The van der Waals surface area contributed by atoms with Crippen LogP contribution in [0.5, 0.6) is 0 Å². The zero-order valence-electron chi connectivity index (χ0n) is 14.3. The summed E-state index contributed by atoms with van der Waals surface area (Å²) in [5, 5.41) is -5.07. The maximum absolute atomic E-state index is 12.9. The van der Waals surface area contributed by atoms with Crippen molar-refractivity contribution in [1.82, 2.24) is 0 Å². The summed E-state index contributed by atoms with van der Waals surface area (Å²) in [5.41, 5.74) is -0.795. The fraction of sp³-hybridized carbons (Fsp3) is 0.857. The third kappa shape index (κ3) is 5.66. The fourth-order valence-electron chi connectivity index (χ4n) is 2.03. The molecule has 0 saturated heterocycles. The van der Waals surface area contributed by atoms with Gasteiger partial charge in [0.05, 0.1) is 5.41 Å². The SMILES string of the molecule is CC(C)CC(C)(C(=O)OCCOC(=O)C(F)(F)S(=O)(=O)O)C(C)C. The Bertz CT molecular complexity index is 557. The van der Waals surface area contributed by atoms with Crippen molar-refractivity contribution in [3.8, 4) is 0 Å². The van der Waals surface area contributed by atoms with Crippen LogP contribution in [0.2, 0.25) is 0 Å². The monoisotopic (exact) mass is 374 g/mol. The van der Waals surface area contributed by atoms with E-state index < -0.39 is 45.9 Å². The van der Waals surface area contributed by atoms with Gasteiger partial charge in [-0.3, -0.25) is 9.35 Å². The first kappa shape index (κ1) is 22.7. The second-order valence-corrected chi connectivity index (χ2v) is 7.90. The number of esters is 2. The van der Waals surface area contributed by atoms with Crippen LogP contribution in [0.25, 0.3) is 0 Å². The fourth-order valence-corrected chi connectivity index (χ4v) is 2.30. The standard InChI is InChI=1S/C14H24F2O7S/c1-9(2)8-13(5,10(3)4)11(17)22-6-7-23-12(18)14(15,16)24(19,20)21/h9-10H,6-8H2,1-5H3,(H,19,20,21). The molecule has 0 aliphatic rings. The van der Waals surface area contributed by atoms with Gasteiger partial charge in [-0.05, 0) is 25.2 Å². The Morgan fingerprint density at radius 3 is 1.79 bits per heavy atom. The second kappa shape index (κ2) is 8.19. The maximum Gasteiger partial charge on any atom is 0.465 e. The van der Waals surface area contributed by atoms with Crippen molar-refractivity contribution >= 4 is 22.1 Å². The van der Waals surface area contributed by atoms with Gasteiger partial charge in [0.25, 0.3) is 0 Å². The molecule has 24 heavy (non-hydrogen) atoms. The number of rotatable bonds is 9. The summed E-state index contributed by atoms with van der Waals surface area (Å²) in [5.74, 6) is -2.83. The molecule has 0 spiro atoms.